The standard InChI is InChI=1S/C82H74BN3/c1-79(2,3)55-32-37-59(38-33-55)84-72-41-31-53(63-29-21-19-27-61(63)51-23-15-13-16-24-51)44-69(72)83-70-45-54(64-30-22-20-28-62(64)52-25-17-14-18-26-52)43-68-67-46-56(80(4,5)6)36-42-71(67)86(78(68)70)76-50-60(49-75(84)77(76)83)85-73-47-57(81(7,8)9)34-39-65(73)66-40-35-58(48-74(66)85)82(10,11)12/h13-50H,1-12H3. The highest BCUT2D eigenvalue weighted by Gasteiger charge is 2.44. The number of fused-ring (bicyclic) bond motifs is 10. The number of anilines is 3. The van der Waals surface area contributed by atoms with Crippen LogP contribution in [0.2, 0.25) is 0 Å². The van der Waals surface area contributed by atoms with Gasteiger partial charge in [0.15, 0.2) is 0 Å². The number of hydrogen-bond donors (Lipinski definition) is 0. The molecule has 420 valence electrons. The molecule has 2 aromatic heterocycles. The first-order valence-electron chi connectivity index (χ1n) is 30.9. The maximum Gasteiger partial charge on any atom is 0.252 e. The van der Waals surface area contributed by atoms with Gasteiger partial charge in [-0.3, -0.25) is 0 Å². The second-order valence-electron chi connectivity index (χ2n) is 28.6. The molecule has 86 heavy (non-hydrogen) atoms. The topological polar surface area (TPSA) is 13.1 Å². The van der Waals surface area contributed by atoms with E-state index in [4.69, 9.17) is 0 Å². The largest absolute Gasteiger partial charge is 0.311 e. The lowest BCUT2D eigenvalue weighted by Crippen LogP contribution is -2.60. The summed E-state index contributed by atoms with van der Waals surface area (Å²) in [6.07, 6.45) is 0. The highest BCUT2D eigenvalue weighted by molar-refractivity contribution is 7.00. The Balaban J connectivity index is 1.12. The van der Waals surface area contributed by atoms with E-state index in [-0.39, 0.29) is 28.4 Å². The highest BCUT2D eigenvalue weighted by Crippen LogP contribution is 2.48. The van der Waals surface area contributed by atoms with Crippen molar-refractivity contribution < 1.29 is 0 Å². The molecule has 2 aliphatic heterocycles. The van der Waals surface area contributed by atoms with Gasteiger partial charge in [-0.05, 0) is 165 Å². The van der Waals surface area contributed by atoms with Crippen molar-refractivity contribution in [1.82, 2.24) is 9.13 Å². The summed E-state index contributed by atoms with van der Waals surface area (Å²) in [5.74, 6) is 0. The Morgan fingerprint density at radius 2 is 0.744 bits per heavy atom. The van der Waals surface area contributed by atoms with Gasteiger partial charge in [0.2, 0.25) is 0 Å². The van der Waals surface area contributed by atoms with Crippen molar-refractivity contribution in [2.45, 2.75) is 105 Å². The number of benzene rings is 11. The molecule has 0 aliphatic carbocycles. The first kappa shape index (κ1) is 53.6. The Morgan fingerprint density at radius 1 is 0.279 bits per heavy atom. The van der Waals surface area contributed by atoms with Crippen LogP contribution in [0.5, 0.6) is 0 Å². The molecular formula is C82H74BN3. The van der Waals surface area contributed by atoms with Crippen molar-refractivity contribution in [3.05, 3.63) is 253 Å². The highest BCUT2D eigenvalue weighted by atomic mass is 15.2. The molecule has 15 rings (SSSR count). The third-order valence-electron chi connectivity index (χ3n) is 18.9. The minimum atomic E-state index is -0.152. The summed E-state index contributed by atoms with van der Waals surface area (Å²) in [5.41, 5.74) is 29.4. The first-order chi connectivity index (χ1) is 41.2. The first-order valence-corrected chi connectivity index (χ1v) is 30.9. The van der Waals surface area contributed by atoms with Crippen LogP contribution in [-0.2, 0) is 21.7 Å². The van der Waals surface area contributed by atoms with Gasteiger partial charge in [-0.2, -0.15) is 0 Å². The molecule has 0 saturated carbocycles. The van der Waals surface area contributed by atoms with Crippen molar-refractivity contribution in [3.63, 3.8) is 0 Å². The molecule has 11 aromatic carbocycles. The van der Waals surface area contributed by atoms with Crippen molar-refractivity contribution in [3.8, 4) is 55.9 Å². The molecule has 0 spiro atoms. The van der Waals surface area contributed by atoms with Crippen LogP contribution < -0.4 is 21.3 Å². The van der Waals surface area contributed by atoms with Crippen molar-refractivity contribution in [1.29, 1.82) is 0 Å². The Kier molecular flexibility index (Phi) is 12.0. The summed E-state index contributed by atoms with van der Waals surface area (Å²) < 4.78 is 5.29. The van der Waals surface area contributed by atoms with Crippen LogP contribution in [0.15, 0.2) is 231 Å². The van der Waals surface area contributed by atoms with Crippen LogP contribution in [0.4, 0.5) is 17.1 Å². The number of rotatable bonds is 6. The second kappa shape index (κ2) is 19.2. The van der Waals surface area contributed by atoms with Crippen LogP contribution in [0.25, 0.3) is 99.5 Å². The Labute approximate surface area is 508 Å². The third kappa shape index (κ3) is 8.53. The zero-order valence-electron chi connectivity index (χ0n) is 51.9. The van der Waals surface area contributed by atoms with Crippen LogP contribution >= 0.6 is 0 Å². The van der Waals surface area contributed by atoms with Gasteiger partial charge in [0.25, 0.3) is 6.71 Å². The minimum Gasteiger partial charge on any atom is -0.311 e. The van der Waals surface area contributed by atoms with E-state index >= 15 is 0 Å². The van der Waals surface area contributed by atoms with Gasteiger partial charge in [0.1, 0.15) is 0 Å². The molecule has 3 nitrogen and oxygen atoms in total. The van der Waals surface area contributed by atoms with E-state index < -0.39 is 0 Å². The Bertz CT molecular complexity index is 4820. The maximum atomic E-state index is 2.67. The lowest BCUT2D eigenvalue weighted by atomic mass is 9.33. The zero-order valence-corrected chi connectivity index (χ0v) is 51.9. The van der Waals surface area contributed by atoms with Gasteiger partial charge >= 0.3 is 0 Å². The van der Waals surface area contributed by atoms with Gasteiger partial charge in [-0.1, -0.05) is 253 Å². The fourth-order valence-corrected chi connectivity index (χ4v) is 14.3. The molecule has 4 heteroatoms. The summed E-state index contributed by atoms with van der Waals surface area (Å²) in [5, 5.41) is 5.07. The molecule has 13 aromatic rings. The molecule has 0 saturated heterocycles. The normalized spacial score (nSPS) is 13.3. The smallest absolute Gasteiger partial charge is 0.252 e. The molecule has 0 radical (unpaired) electrons. The summed E-state index contributed by atoms with van der Waals surface area (Å²) in [6.45, 7) is 27.9. The van der Waals surface area contributed by atoms with Crippen molar-refractivity contribution in [2.24, 2.45) is 0 Å². The molecule has 4 heterocycles. The van der Waals surface area contributed by atoms with E-state index in [2.05, 4.69) is 328 Å². The summed E-state index contributed by atoms with van der Waals surface area (Å²) in [4.78, 5) is 2.61. The van der Waals surface area contributed by atoms with Gasteiger partial charge < -0.3 is 14.0 Å². The molecular weight excluding hydrogens is 1040 g/mol. The molecule has 0 fully saturated rings. The Morgan fingerprint density at radius 3 is 1.29 bits per heavy atom. The lowest BCUT2D eigenvalue weighted by Gasteiger charge is -2.41. The van der Waals surface area contributed by atoms with Crippen molar-refractivity contribution >= 4 is 83.8 Å². The molecule has 0 bridgehead atoms. The van der Waals surface area contributed by atoms with Gasteiger partial charge in [-0.25, -0.2) is 0 Å². The van der Waals surface area contributed by atoms with Crippen LogP contribution in [0.3, 0.4) is 0 Å². The summed E-state index contributed by atoms with van der Waals surface area (Å²) in [6, 6.07) is 88.7. The molecule has 0 amide bonds. The third-order valence-corrected chi connectivity index (χ3v) is 18.9. The summed E-state index contributed by atoms with van der Waals surface area (Å²) >= 11 is 0. The predicted molar refractivity (Wildman–Crippen MR) is 371 cm³/mol. The fraction of sp³-hybridized carbons (Fsp3) is 0.195. The average Bonchev–Trinajstić information content (AvgIpc) is 1.35. The van der Waals surface area contributed by atoms with Crippen LogP contribution in [0, 0.1) is 0 Å². The quantitative estimate of drug-likeness (QED) is 0.151. The van der Waals surface area contributed by atoms with Crippen molar-refractivity contribution in [2.75, 3.05) is 4.90 Å². The van der Waals surface area contributed by atoms with Gasteiger partial charge in [-0.15, -0.1) is 0 Å². The van der Waals surface area contributed by atoms with Crippen LogP contribution in [0.1, 0.15) is 105 Å². The molecule has 2 aliphatic rings. The van der Waals surface area contributed by atoms with Gasteiger partial charge in [0, 0.05) is 49.8 Å². The summed E-state index contributed by atoms with van der Waals surface area (Å²) in [7, 11) is 0. The number of nitrogens with zero attached hydrogens (tertiary/aromatic N) is 3. The van der Waals surface area contributed by atoms with E-state index in [9.17, 15) is 0 Å². The van der Waals surface area contributed by atoms with E-state index in [0.29, 0.717) is 0 Å². The predicted octanol–water partition coefficient (Wildman–Crippen LogP) is 20.4. The average molecular weight is 1110 g/mol. The zero-order chi connectivity index (χ0) is 59.3. The molecule has 0 N–H and O–H groups in total. The lowest BCUT2D eigenvalue weighted by molar-refractivity contribution is 0.590. The number of hydrogen-bond acceptors (Lipinski definition) is 1. The Hall–Kier alpha value is -9.12. The van der Waals surface area contributed by atoms with E-state index in [1.165, 1.54) is 144 Å². The SMILES string of the molecule is CC(C)(C)c1ccc(N2c3ccc(-c4ccccc4-c4ccccc4)cc3B3c4c2cc(-n2c5cc(C(C)(C)C)ccc5c5ccc(C(C)(C)C)cc52)cc4-n2c4ccc(C(C)(C)C)cc4c4cc(-c5ccccc5-c5ccccc5)cc3c42)cc1. The molecule has 0 unspecified atom stereocenters. The van der Waals surface area contributed by atoms with E-state index in [1.807, 2.05) is 0 Å². The van der Waals surface area contributed by atoms with E-state index in [0.717, 1.165) is 11.4 Å². The number of aromatic nitrogens is 2. The van der Waals surface area contributed by atoms with Gasteiger partial charge in [0.05, 0.1) is 22.2 Å². The maximum absolute atomic E-state index is 2.67. The minimum absolute atomic E-state index is 0.0217. The fourth-order valence-electron chi connectivity index (χ4n) is 14.3. The second-order valence-corrected chi connectivity index (χ2v) is 28.6. The molecule has 0 atom stereocenters. The van der Waals surface area contributed by atoms with E-state index in [1.54, 1.807) is 0 Å². The van der Waals surface area contributed by atoms with Crippen LogP contribution in [-0.4, -0.2) is 15.8 Å². The monoisotopic (exact) mass is 1110 g/mol.